The van der Waals surface area contributed by atoms with E-state index in [0.29, 0.717) is 11.1 Å². The number of para-hydroxylation sites is 1. The number of anilines is 1. The van der Waals surface area contributed by atoms with Crippen molar-refractivity contribution in [3.63, 3.8) is 0 Å². The van der Waals surface area contributed by atoms with Gasteiger partial charge in [0.15, 0.2) is 5.15 Å². The number of fused-ring (bicyclic) bond motifs is 3. The molecular formula is C14H12ClN3O. The predicted octanol–water partition coefficient (Wildman–Crippen LogP) is 2.85. The van der Waals surface area contributed by atoms with Crippen LogP contribution >= 0.6 is 11.6 Å². The van der Waals surface area contributed by atoms with Crippen LogP contribution in [0.4, 0.5) is 5.82 Å². The molecule has 0 amide bonds. The molecule has 1 aromatic heterocycles. The van der Waals surface area contributed by atoms with Gasteiger partial charge in [0.1, 0.15) is 11.6 Å². The second-order valence-corrected chi connectivity index (χ2v) is 5.43. The number of hydrogen-bond donors (Lipinski definition) is 1. The molecule has 0 spiro atoms. The number of nitrogens with zero attached hydrogens (tertiary/aromatic N) is 2. The van der Waals surface area contributed by atoms with Gasteiger partial charge in [-0.25, -0.2) is 0 Å². The monoisotopic (exact) mass is 273 g/mol. The standard InChI is InChI=1S/C14H12ClN3O/c15-12-5-6-13(18-17-12)16-14-7-9(14)8-19-11-4-2-1-3-10(11)14/h1-6,9H,7-8H2,(H,16,18)/t9-,14?/m0/s1. The average molecular weight is 274 g/mol. The molecule has 1 aliphatic heterocycles. The molecule has 1 unspecified atom stereocenters. The van der Waals surface area contributed by atoms with Crippen molar-refractivity contribution >= 4 is 17.4 Å². The highest BCUT2D eigenvalue weighted by atomic mass is 35.5. The second kappa shape index (κ2) is 3.84. The Hall–Kier alpha value is -1.81. The van der Waals surface area contributed by atoms with Gasteiger partial charge < -0.3 is 10.1 Å². The van der Waals surface area contributed by atoms with Gasteiger partial charge in [0.2, 0.25) is 0 Å². The molecule has 96 valence electrons. The van der Waals surface area contributed by atoms with Crippen LogP contribution in [0.3, 0.4) is 0 Å². The third-order valence-electron chi connectivity index (χ3n) is 3.90. The lowest BCUT2D eigenvalue weighted by Crippen LogP contribution is -2.28. The van der Waals surface area contributed by atoms with E-state index in [0.717, 1.165) is 24.6 Å². The Morgan fingerprint density at radius 1 is 1.21 bits per heavy atom. The average Bonchev–Trinajstić information content (AvgIpc) is 3.16. The summed E-state index contributed by atoms with van der Waals surface area (Å²) < 4.78 is 5.76. The molecule has 1 saturated carbocycles. The molecule has 19 heavy (non-hydrogen) atoms. The van der Waals surface area contributed by atoms with E-state index < -0.39 is 0 Å². The van der Waals surface area contributed by atoms with Crippen LogP contribution in [0.1, 0.15) is 12.0 Å². The maximum absolute atomic E-state index is 5.76. The van der Waals surface area contributed by atoms with Gasteiger partial charge >= 0.3 is 0 Å². The zero-order valence-corrected chi connectivity index (χ0v) is 10.9. The molecule has 1 fully saturated rings. The molecule has 4 nitrogen and oxygen atoms in total. The fourth-order valence-electron chi connectivity index (χ4n) is 2.84. The predicted molar refractivity (Wildman–Crippen MR) is 72.4 cm³/mol. The first kappa shape index (κ1) is 11.1. The molecule has 2 aliphatic rings. The minimum absolute atomic E-state index is 0.0443. The van der Waals surface area contributed by atoms with Crippen LogP contribution in [0.25, 0.3) is 0 Å². The summed E-state index contributed by atoms with van der Waals surface area (Å²) in [4.78, 5) is 0. The minimum atomic E-state index is -0.0443. The number of nitrogens with one attached hydrogen (secondary N) is 1. The van der Waals surface area contributed by atoms with E-state index in [4.69, 9.17) is 16.3 Å². The summed E-state index contributed by atoms with van der Waals surface area (Å²) in [6.45, 7) is 0.755. The quantitative estimate of drug-likeness (QED) is 0.914. The number of halogens is 1. The van der Waals surface area contributed by atoms with E-state index >= 15 is 0 Å². The largest absolute Gasteiger partial charge is 0.493 e. The highest BCUT2D eigenvalue weighted by Gasteiger charge is 2.59. The third kappa shape index (κ3) is 1.67. The van der Waals surface area contributed by atoms with Crippen LogP contribution in [-0.4, -0.2) is 16.8 Å². The number of ether oxygens (including phenoxy) is 1. The first-order chi connectivity index (χ1) is 9.28. The molecule has 2 aromatic rings. The first-order valence-electron chi connectivity index (χ1n) is 6.28. The van der Waals surface area contributed by atoms with Crippen LogP contribution in [0.5, 0.6) is 5.75 Å². The molecule has 0 bridgehead atoms. The number of hydrogen-bond acceptors (Lipinski definition) is 4. The molecule has 1 aliphatic carbocycles. The molecule has 4 rings (SSSR count). The van der Waals surface area contributed by atoms with E-state index in [2.05, 4.69) is 21.6 Å². The van der Waals surface area contributed by atoms with E-state index in [1.165, 1.54) is 5.56 Å². The summed E-state index contributed by atoms with van der Waals surface area (Å²) in [6, 6.07) is 11.8. The fourth-order valence-corrected chi connectivity index (χ4v) is 2.94. The molecule has 2 atom stereocenters. The molecule has 2 heterocycles. The van der Waals surface area contributed by atoms with Crippen LogP contribution < -0.4 is 10.1 Å². The maximum atomic E-state index is 5.76. The van der Waals surface area contributed by atoms with Gasteiger partial charge in [0.25, 0.3) is 0 Å². The zero-order valence-electron chi connectivity index (χ0n) is 10.1. The van der Waals surface area contributed by atoms with Gasteiger partial charge in [-0.2, -0.15) is 0 Å². The smallest absolute Gasteiger partial charge is 0.151 e. The molecule has 0 radical (unpaired) electrons. The van der Waals surface area contributed by atoms with Crippen molar-refractivity contribution in [2.24, 2.45) is 5.92 Å². The second-order valence-electron chi connectivity index (χ2n) is 5.05. The van der Waals surface area contributed by atoms with Gasteiger partial charge in [-0.05, 0) is 24.6 Å². The van der Waals surface area contributed by atoms with Crippen molar-refractivity contribution in [2.45, 2.75) is 12.0 Å². The fraction of sp³-hybridized carbons (Fsp3) is 0.286. The minimum Gasteiger partial charge on any atom is -0.493 e. The van der Waals surface area contributed by atoms with Crippen molar-refractivity contribution in [2.75, 3.05) is 11.9 Å². The highest BCUT2D eigenvalue weighted by molar-refractivity contribution is 6.29. The summed E-state index contributed by atoms with van der Waals surface area (Å²) in [6.07, 6.45) is 1.06. The summed E-state index contributed by atoms with van der Waals surface area (Å²) in [5, 5.41) is 11.9. The van der Waals surface area contributed by atoms with Crippen LogP contribution in [-0.2, 0) is 5.54 Å². The Balaban J connectivity index is 1.71. The molecule has 5 heteroatoms. The zero-order chi connectivity index (χ0) is 12.9. The third-order valence-corrected chi connectivity index (χ3v) is 4.10. The van der Waals surface area contributed by atoms with Crippen molar-refractivity contribution < 1.29 is 4.74 Å². The molecule has 1 aromatic carbocycles. The van der Waals surface area contributed by atoms with Gasteiger partial charge in [-0.1, -0.05) is 29.8 Å². The highest BCUT2D eigenvalue weighted by Crippen LogP contribution is 2.58. The number of aromatic nitrogens is 2. The molecule has 1 N–H and O–H groups in total. The lowest BCUT2D eigenvalue weighted by molar-refractivity contribution is 0.264. The first-order valence-corrected chi connectivity index (χ1v) is 6.65. The topological polar surface area (TPSA) is 47.0 Å². The van der Waals surface area contributed by atoms with E-state index in [-0.39, 0.29) is 5.54 Å². The maximum Gasteiger partial charge on any atom is 0.151 e. The SMILES string of the molecule is Clc1ccc(NC23C[C@H]2COc2ccccc23)nn1. The summed E-state index contributed by atoms with van der Waals surface area (Å²) in [7, 11) is 0. The van der Waals surface area contributed by atoms with Crippen LogP contribution in [0.15, 0.2) is 36.4 Å². The lowest BCUT2D eigenvalue weighted by atomic mass is 9.99. The van der Waals surface area contributed by atoms with Gasteiger partial charge in [0.05, 0.1) is 12.1 Å². The lowest BCUT2D eigenvalue weighted by Gasteiger charge is -2.27. The van der Waals surface area contributed by atoms with Crippen molar-refractivity contribution in [1.29, 1.82) is 0 Å². The Bertz CT molecular complexity index is 631. The van der Waals surface area contributed by atoms with Crippen molar-refractivity contribution in [3.8, 4) is 5.75 Å². The van der Waals surface area contributed by atoms with Gasteiger partial charge in [0, 0.05) is 11.5 Å². The Morgan fingerprint density at radius 2 is 2.11 bits per heavy atom. The van der Waals surface area contributed by atoms with Crippen molar-refractivity contribution in [1.82, 2.24) is 10.2 Å². The number of rotatable bonds is 2. The van der Waals surface area contributed by atoms with Crippen LogP contribution in [0.2, 0.25) is 5.15 Å². The number of benzene rings is 1. The molecule has 0 saturated heterocycles. The van der Waals surface area contributed by atoms with E-state index in [1.807, 2.05) is 24.3 Å². The van der Waals surface area contributed by atoms with E-state index in [1.54, 1.807) is 6.07 Å². The van der Waals surface area contributed by atoms with Gasteiger partial charge in [-0.3, -0.25) is 0 Å². The van der Waals surface area contributed by atoms with Crippen LogP contribution in [0, 0.1) is 5.92 Å². The Labute approximate surface area is 115 Å². The Morgan fingerprint density at radius 3 is 2.95 bits per heavy atom. The van der Waals surface area contributed by atoms with E-state index in [9.17, 15) is 0 Å². The van der Waals surface area contributed by atoms with Gasteiger partial charge in [-0.15, -0.1) is 10.2 Å². The normalized spacial score (nSPS) is 26.9. The Kier molecular flexibility index (Phi) is 2.23. The summed E-state index contributed by atoms with van der Waals surface area (Å²) >= 11 is 5.76. The summed E-state index contributed by atoms with van der Waals surface area (Å²) in [5.74, 6) is 2.22. The summed E-state index contributed by atoms with van der Waals surface area (Å²) in [5.41, 5.74) is 1.17. The van der Waals surface area contributed by atoms with Crippen molar-refractivity contribution in [3.05, 3.63) is 47.1 Å². The molecular weight excluding hydrogens is 262 g/mol.